The summed E-state index contributed by atoms with van der Waals surface area (Å²) in [5.41, 5.74) is 1.64. The quantitative estimate of drug-likeness (QED) is 0.131. The summed E-state index contributed by atoms with van der Waals surface area (Å²) in [4.78, 5) is 42.8. The Bertz CT molecular complexity index is 1420. The van der Waals surface area contributed by atoms with E-state index in [0.29, 0.717) is 16.5 Å². The van der Waals surface area contributed by atoms with E-state index in [4.69, 9.17) is 62.7 Å². The molecule has 2 amide bonds. The molecule has 11 heteroatoms. The van der Waals surface area contributed by atoms with Crippen molar-refractivity contribution in [2.24, 2.45) is 0 Å². The molecule has 37 heavy (non-hydrogen) atoms. The molecule has 3 aromatic rings. The first-order valence-electron chi connectivity index (χ1n) is 11.6. The number of carbonyl (C=O) groups excluding carboxylic acids is 3. The van der Waals surface area contributed by atoms with Crippen molar-refractivity contribution in [1.29, 1.82) is 0 Å². The summed E-state index contributed by atoms with van der Waals surface area (Å²) in [6, 6.07) is 9.17. The van der Waals surface area contributed by atoms with E-state index in [1.165, 1.54) is 6.42 Å². The van der Waals surface area contributed by atoms with Crippen molar-refractivity contribution in [3.63, 3.8) is 0 Å². The molecule has 0 spiro atoms. The van der Waals surface area contributed by atoms with Crippen molar-refractivity contribution in [2.45, 2.75) is 19.3 Å². The molecular weight excluding hydrogens is 582 g/mol. The van der Waals surface area contributed by atoms with Crippen molar-refractivity contribution in [3.05, 3.63) is 72.1 Å². The van der Waals surface area contributed by atoms with E-state index >= 15 is 0 Å². The summed E-state index contributed by atoms with van der Waals surface area (Å²) >= 11 is 30.3. The van der Waals surface area contributed by atoms with Gasteiger partial charge in [-0.2, -0.15) is 0 Å². The van der Waals surface area contributed by atoms with Crippen LogP contribution in [0.5, 0.6) is 0 Å². The Balaban J connectivity index is 1.38. The van der Waals surface area contributed by atoms with Crippen LogP contribution in [0.3, 0.4) is 0 Å². The number of esters is 1. The normalized spacial score (nSPS) is 15.5. The molecule has 0 saturated carbocycles. The molecule has 0 unspecified atom stereocenters. The van der Waals surface area contributed by atoms with Gasteiger partial charge in [-0.05, 0) is 37.5 Å². The van der Waals surface area contributed by atoms with Gasteiger partial charge < -0.3 is 9.64 Å². The van der Waals surface area contributed by atoms with Gasteiger partial charge in [0.25, 0.3) is 11.8 Å². The SMILES string of the molecule is O=C(OCCN1C(=O)c2cccc3c(N4CCCCC4)ccc(c23)C1=O)c1c(Cl)c(Cl)c(Cl)c(Cl)c1Cl. The van der Waals surface area contributed by atoms with Gasteiger partial charge in [0.2, 0.25) is 0 Å². The first-order valence-corrected chi connectivity index (χ1v) is 13.5. The molecule has 2 aliphatic heterocycles. The van der Waals surface area contributed by atoms with Gasteiger partial charge in [0, 0.05) is 40.7 Å². The molecule has 2 heterocycles. The Morgan fingerprint density at radius 1 is 0.784 bits per heavy atom. The lowest BCUT2D eigenvalue weighted by atomic mass is 9.92. The minimum absolute atomic E-state index is 0.0873. The van der Waals surface area contributed by atoms with Crippen molar-refractivity contribution < 1.29 is 19.1 Å². The van der Waals surface area contributed by atoms with Crippen LogP contribution in [0, 0.1) is 0 Å². The molecule has 3 aromatic carbocycles. The smallest absolute Gasteiger partial charge is 0.341 e. The predicted octanol–water partition coefficient (Wildman–Crippen LogP) is 7.55. The second-order valence-electron chi connectivity index (χ2n) is 8.75. The predicted molar refractivity (Wildman–Crippen MR) is 147 cm³/mol. The Kier molecular flexibility index (Phi) is 7.49. The number of imide groups is 1. The zero-order chi connectivity index (χ0) is 26.4. The highest BCUT2D eigenvalue weighted by atomic mass is 35.5. The Morgan fingerprint density at radius 2 is 1.38 bits per heavy atom. The van der Waals surface area contributed by atoms with Crippen LogP contribution >= 0.6 is 58.0 Å². The molecule has 1 saturated heterocycles. The molecular formula is C26H19Cl5N2O4. The van der Waals surface area contributed by atoms with Crippen LogP contribution in [-0.4, -0.2) is 48.9 Å². The highest BCUT2D eigenvalue weighted by molar-refractivity contribution is 6.56. The minimum Gasteiger partial charge on any atom is -0.460 e. The minimum atomic E-state index is -0.916. The molecule has 5 rings (SSSR count). The number of ether oxygens (including phenoxy) is 1. The third-order valence-corrected chi connectivity index (χ3v) is 8.90. The van der Waals surface area contributed by atoms with Gasteiger partial charge in [-0.3, -0.25) is 14.5 Å². The van der Waals surface area contributed by atoms with Gasteiger partial charge in [-0.15, -0.1) is 0 Å². The summed E-state index contributed by atoms with van der Waals surface area (Å²) in [7, 11) is 0. The van der Waals surface area contributed by atoms with Crippen LogP contribution in [0.15, 0.2) is 30.3 Å². The van der Waals surface area contributed by atoms with Crippen LogP contribution in [0.2, 0.25) is 25.1 Å². The number of halogens is 5. The first-order chi connectivity index (χ1) is 17.7. The van der Waals surface area contributed by atoms with Gasteiger partial charge in [-0.1, -0.05) is 70.1 Å². The fourth-order valence-corrected chi connectivity index (χ4v) is 6.12. The Labute approximate surface area is 237 Å². The first kappa shape index (κ1) is 26.4. The lowest BCUT2D eigenvalue weighted by molar-refractivity contribution is 0.0405. The molecule has 0 N–H and O–H groups in total. The highest BCUT2D eigenvalue weighted by Gasteiger charge is 2.34. The maximum Gasteiger partial charge on any atom is 0.341 e. The zero-order valence-corrected chi connectivity index (χ0v) is 23.0. The zero-order valence-electron chi connectivity index (χ0n) is 19.3. The molecule has 0 atom stereocenters. The number of hydrogen-bond acceptors (Lipinski definition) is 5. The van der Waals surface area contributed by atoms with Crippen LogP contribution in [-0.2, 0) is 4.74 Å². The average molecular weight is 601 g/mol. The largest absolute Gasteiger partial charge is 0.460 e. The number of anilines is 1. The van der Waals surface area contributed by atoms with Gasteiger partial charge >= 0.3 is 5.97 Å². The molecule has 1 fully saturated rings. The van der Waals surface area contributed by atoms with E-state index in [1.807, 2.05) is 18.2 Å². The number of rotatable bonds is 5. The third-order valence-electron chi connectivity index (χ3n) is 6.63. The standard InChI is InChI=1S/C26H19Cl5N2O4/c27-19-18(20(28)22(30)23(31)21(19)29)26(36)37-12-11-33-24(34)14-6-4-5-13-16(32-9-2-1-3-10-32)8-7-15(17(13)14)25(33)35/h4-8H,1-3,9-12H2. The number of amides is 2. The molecule has 0 radical (unpaired) electrons. The average Bonchev–Trinajstić information content (AvgIpc) is 2.91. The van der Waals surface area contributed by atoms with Crippen LogP contribution < -0.4 is 4.90 Å². The van der Waals surface area contributed by atoms with E-state index in [2.05, 4.69) is 4.90 Å². The number of benzene rings is 3. The lowest BCUT2D eigenvalue weighted by Gasteiger charge is -2.32. The van der Waals surface area contributed by atoms with E-state index in [0.717, 1.165) is 41.9 Å². The number of carbonyl (C=O) groups is 3. The maximum atomic E-state index is 13.3. The van der Waals surface area contributed by atoms with Crippen molar-refractivity contribution in [2.75, 3.05) is 31.1 Å². The van der Waals surface area contributed by atoms with Crippen molar-refractivity contribution >= 4 is 92.2 Å². The molecule has 6 nitrogen and oxygen atoms in total. The molecule has 2 aliphatic rings. The third kappa shape index (κ3) is 4.53. The van der Waals surface area contributed by atoms with Gasteiger partial charge in [-0.25, -0.2) is 4.79 Å². The second-order valence-corrected chi connectivity index (χ2v) is 10.6. The van der Waals surface area contributed by atoms with E-state index in [9.17, 15) is 14.4 Å². The van der Waals surface area contributed by atoms with Gasteiger partial charge in [0.15, 0.2) is 0 Å². The lowest BCUT2D eigenvalue weighted by Crippen LogP contribution is -2.42. The van der Waals surface area contributed by atoms with Crippen LogP contribution in [0.25, 0.3) is 10.8 Å². The summed E-state index contributed by atoms with van der Waals surface area (Å²) in [6.45, 7) is 1.42. The van der Waals surface area contributed by atoms with Gasteiger partial charge in [0.05, 0.1) is 37.2 Å². The highest BCUT2D eigenvalue weighted by Crippen LogP contribution is 2.44. The number of nitrogens with zero attached hydrogens (tertiary/aromatic N) is 2. The van der Waals surface area contributed by atoms with Gasteiger partial charge in [0.1, 0.15) is 6.61 Å². The summed E-state index contributed by atoms with van der Waals surface area (Å²) in [5.74, 6) is -1.83. The van der Waals surface area contributed by atoms with E-state index in [-0.39, 0.29) is 43.8 Å². The second kappa shape index (κ2) is 10.5. The summed E-state index contributed by atoms with van der Waals surface area (Å²) in [6.07, 6.45) is 3.42. The molecule has 0 aliphatic carbocycles. The van der Waals surface area contributed by atoms with E-state index < -0.39 is 17.8 Å². The van der Waals surface area contributed by atoms with Crippen LogP contribution in [0.4, 0.5) is 5.69 Å². The topological polar surface area (TPSA) is 66.9 Å². The fourth-order valence-electron chi connectivity index (χ4n) is 4.83. The summed E-state index contributed by atoms with van der Waals surface area (Å²) < 4.78 is 5.28. The molecule has 192 valence electrons. The summed E-state index contributed by atoms with van der Waals surface area (Å²) in [5, 5.41) is 0.751. The molecule has 0 aromatic heterocycles. The number of hydrogen-bond donors (Lipinski definition) is 0. The fraction of sp³-hybridized carbons (Fsp3) is 0.269. The monoisotopic (exact) mass is 598 g/mol. The maximum absolute atomic E-state index is 13.3. The number of piperidine rings is 1. The Hall–Kier alpha value is -2.22. The Morgan fingerprint density at radius 3 is 2.03 bits per heavy atom. The van der Waals surface area contributed by atoms with E-state index in [1.54, 1.807) is 12.1 Å². The van der Waals surface area contributed by atoms with Crippen molar-refractivity contribution in [3.8, 4) is 0 Å². The molecule has 0 bridgehead atoms. The van der Waals surface area contributed by atoms with Crippen molar-refractivity contribution in [1.82, 2.24) is 4.90 Å². The van der Waals surface area contributed by atoms with Crippen LogP contribution in [0.1, 0.15) is 50.3 Å².